The Morgan fingerprint density at radius 3 is 2.81 bits per heavy atom. The third-order valence-electron chi connectivity index (χ3n) is 5.90. The number of carboxylic acid groups (broad SMARTS) is 1. The second-order valence-corrected chi connectivity index (χ2v) is 13.2. The van der Waals surface area contributed by atoms with Crippen molar-refractivity contribution in [1.82, 2.24) is 35.4 Å². The van der Waals surface area contributed by atoms with E-state index in [1.54, 1.807) is 26.8 Å². The van der Waals surface area contributed by atoms with E-state index in [1.165, 1.54) is 38.5 Å². The number of thioether (sulfide) groups is 2. The highest BCUT2D eigenvalue weighted by molar-refractivity contribution is 8.00. The van der Waals surface area contributed by atoms with Crippen LogP contribution in [-0.2, 0) is 35.3 Å². The maximum atomic E-state index is 13.2. The Hall–Kier alpha value is -3.71. The van der Waals surface area contributed by atoms with Crippen molar-refractivity contribution in [2.24, 2.45) is 10.6 Å². The fourth-order valence-electron chi connectivity index (χ4n) is 3.98. The summed E-state index contributed by atoms with van der Waals surface area (Å²) < 4.78 is 6.66. The summed E-state index contributed by atoms with van der Waals surface area (Å²) in [7, 11) is 0. The number of esters is 1. The number of anilines is 1. The number of hydrogen-bond acceptors (Lipinski definition) is 15. The van der Waals surface area contributed by atoms with Crippen molar-refractivity contribution < 1.29 is 33.9 Å². The summed E-state index contributed by atoms with van der Waals surface area (Å²) in [5.41, 5.74) is 3.53. The third-order valence-corrected chi connectivity index (χ3v) is 9.41. The van der Waals surface area contributed by atoms with Crippen molar-refractivity contribution in [3.8, 4) is 0 Å². The summed E-state index contributed by atoms with van der Waals surface area (Å²) in [5.74, 6) is -2.66. The molecular weight excluding hydrogens is 611 g/mol. The Morgan fingerprint density at radius 1 is 1.40 bits per heavy atom. The number of carbonyl (C=O) groups excluding carboxylic acids is 3. The predicted molar refractivity (Wildman–Crippen MR) is 154 cm³/mol. The van der Waals surface area contributed by atoms with Crippen LogP contribution in [0.1, 0.15) is 26.5 Å². The molecule has 0 aliphatic carbocycles. The smallest absolute Gasteiger partial charge is 0.347 e. The van der Waals surface area contributed by atoms with Crippen molar-refractivity contribution in [2.75, 3.05) is 30.4 Å². The molecule has 2 aromatic heterocycles. The Bertz CT molecular complexity index is 1410. The standard InChI is InChI=1S/C23H29N9O7S3/c1-5-6-32-21(27-29-30-32)42-11-23(19(36)37)9-31-17(35)15(18(31)41-10-23)26-16(34)14(12-8-40-20(24)25-12)28-38-7-13(33)39-22(2,3)4/h5,8,15,18H,1,6-7,9-11H2,2-4H3,(H2,24,25)(H,26,34)(H,36,37)/t15?,18-,23?/m1/s1. The van der Waals surface area contributed by atoms with Crippen LogP contribution in [0.4, 0.5) is 5.13 Å². The SMILES string of the molecule is C=CCn1nnnc1SCC1(C(=O)O)CS[C@@H]2C(NC(=O)C(=NOCC(=O)OC(C)(C)C)c3csc(N)n3)C(=O)N2C1. The van der Waals surface area contributed by atoms with E-state index in [0.717, 1.165) is 11.3 Å². The lowest BCUT2D eigenvalue weighted by atomic mass is 9.89. The van der Waals surface area contributed by atoms with Gasteiger partial charge in [-0.25, -0.2) is 14.5 Å². The van der Waals surface area contributed by atoms with Crippen molar-refractivity contribution in [1.29, 1.82) is 0 Å². The van der Waals surface area contributed by atoms with E-state index < -0.39 is 52.8 Å². The lowest BCUT2D eigenvalue weighted by molar-refractivity contribution is -0.160. The van der Waals surface area contributed by atoms with E-state index >= 15 is 0 Å². The molecule has 2 fully saturated rings. The molecule has 0 aromatic carbocycles. The molecule has 16 nitrogen and oxygen atoms in total. The van der Waals surface area contributed by atoms with Gasteiger partial charge < -0.3 is 30.6 Å². The van der Waals surface area contributed by atoms with Gasteiger partial charge in [-0.15, -0.1) is 34.8 Å². The van der Waals surface area contributed by atoms with Gasteiger partial charge in [0.25, 0.3) is 5.91 Å². The number of allylic oxidation sites excluding steroid dienone is 1. The van der Waals surface area contributed by atoms with Crippen LogP contribution in [0.2, 0.25) is 0 Å². The molecule has 0 spiro atoms. The molecular formula is C23H29N9O7S3. The van der Waals surface area contributed by atoms with Gasteiger partial charge in [0.2, 0.25) is 17.7 Å². The average molecular weight is 640 g/mol. The van der Waals surface area contributed by atoms with Crippen molar-refractivity contribution >= 4 is 69.5 Å². The number of nitrogens with zero attached hydrogens (tertiary/aromatic N) is 7. The molecule has 4 rings (SSSR count). The van der Waals surface area contributed by atoms with Crippen LogP contribution in [0.3, 0.4) is 0 Å². The lowest BCUT2D eigenvalue weighted by Gasteiger charge is -2.53. The lowest BCUT2D eigenvalue weighted by Crippen LogP contribution is -2.74. The molecule has 226 valence electrons. The van der Waals surface area contributed by atoms with Crippen molar-refractivity contribution in [3.63, 3.8) is 0 Å². The Kier molecular flexibility index (Phi) is 9.41. The van der Waals surface area contributed by atoms with Gasteiger partial charge in [0.1, 0.15) is 28.1 Å². The molecule has 0 saturated carbocycles. The number of thiazole rings is 1. The molecule has 2 aromatic rings. The number of aromatic nitrogens is 5. The van der Waals surface area contributed by atoms with Crippen molar-refractivity contribution in [3.05, 3.63) is 23.7 Å². The van der Waals surface area contributed by atoms with Crippen LogP contribution < -0.4 is 11.1 Å². The third kappa shape index (κ3) is 7.01. The molecule has 42 heavy (non-hydrogen) atoms. The number of aliphatic carboxylic acids is 1. The van der Waals surface area contributed by atoms with E-state index in [0.29, 0.717) is 11.7 Å². The summed E-state index contributed by atoms with van der Waals surface area (Å²) in [6.07, 6.45) is 1.62. The number of nitrogens with one attached hydrogen (secondary N) is 1. The zero-order chi connectivity index (χ0) is 30.7. The minimum atomic E-state index is -1.26. The van der Waals surface area contributed by atoms with E-state index in [1.807, 2.05) is 0 Å². The first-order valence-corrected chi connectivity index (χ1v) is 15.3. The van der Waals surface area contributed by atoms with Gasteiger partial charge in [0.15, 0.2) is 10.8 Å². The molecule has 2 unspecified atom stereocenters. The Morgan fingerprint density at radius 2 is 2.17 bits per heavy atom. The molecule has 2 aliphatic rings. The highest BCUT2D eigenvalue weighted by Gasteiger charge is 2.57. The molecule has 3 atom stereocenters. The summed E-state index contributed by atoms with van der Waals surface area (Å²) in [6.45, 7) is 8.50. The van der Waals surface area contributed by atoms with E-state index in [2.05, 4.69) is 37.6 Å². The zero-order valence-corrected chi connectivity index (χ0v) is 25.3. The molecule has 0 radical (unpaired) electrons. The second kappa shape index (κ2) is 12.7. The number of nitrogens with two attached hydrogens (primary N) is 1. The van der Waals surface area contributed by atoms with Crippen LogP contribution in [0.15, 0.2) is 28.3 Å². The number of tetrazole rings is 1. The molecule has 0 bridgehead atoms. The molecule has 2 aliphatic heterocycles. The van der Waals surface area contributed by atoms with Gasteiger partial charge in [-0.05, 0) is 31.2 Å². The minimum absolute atomic E-state index is 0.0518. The molecule has 2 amide bonds. The topological polar surface area (TPSA) is 217 Å². The van der Waals surface area contributed by atoms with Crippen LogP contribution >= 0.6 is 34.9 Å². The largest absolute Gasteiger partial charge is 0.481 e. The fraction of sp³-hybridized carbons (Fsp3) is 0.522. The van der Waals surface area contributed by atoms with Crippen LogP contribution in [0, 0.1) is 5.41 Å². The number of carbonyl (C=O) groups is 4. The number of hydrogen-bond donors (Lipinski definition) is 3. The first kappa shape index (κ1) is 31.2. The number of carboxylic acids is 1. The van der Waals surface area contributed by atoms with E-state index in [4.69, 9.17) is 15.3 Å². The number of oxime groups is 1. The quantitative estimate of drug-likeness (QED) is 0.0707. The van der Waals surface area contributed by atoms with Gasteiger partial charge >= 0.3 is 11.9 Å². The van der Waals surface area contributed by atoms with E-state index in [-0.39, 0.29) is 34.6 Å². The first-order valence-electron chi connectivity index (χ1n) is 12.4. The van der Waals surface area contributed by atoms with Crippen LogP contribution in [0.25, 0.3) is 0 Å². The van der Waals surface area contributed by atoms with Gasteiger partial charge in [0, 0.05) is 23.4 Å². The second-order valence-electron chi connectivity index (χ2n) is 10.3. The van der Waals surface area contributed by atoms with Gasteiger partial charge in [-0.3, -0.25) is 14.4 Å². The molecule has 2 saturated heterocycles. The maximum Gasteiger partial charge on any atom is 0.347 e. The number of β-lactam (4-membered cyclic amide) rings is 1. The van der Waals surface area contributed by atoms with Crippen molar-refractivity contribution in [2.45, 2.75) is 49.5 Å². The molecule has 4 heterocycles. The van der Waals surface area contributed by atoms with E-state index in [9.17, 15) is 24.3 Å². The molecule has 19 heteroatoms. The number of amides is 2. The summed E-state index contributed by atoms with van der Waals surface area (Å²) in [6, 6.07) is -0.936. The normalized spacial score (nSPS) is 22.1. The zero-order valence-electron chi connectivity index (χ0n) is 22.9. The average Bonchev–Trinajstić information content (AvgIpc) is 3.55. The van der Waals surface area contributed by atoms with Gasteiger partial charge in [-0.2, -0.15) is 0 Å². The summed E-state index contributed by atoms with van der Waals surface area (Å²) in [4.78, 5) is 61.2. The first-order chi connectivity index (χ1) is 19.8. The van der Waals surface area contributed by atoms with Crippen LogP contribution in [0.5, 0.6) is 0 Å². The van der Waals surface area contributed by atoms with Gasteiger partial charge in [0.05, 0.1) is 6.54 Å². The summed E-state index contributed by atoms with van der Waals surface area (Å²) >= 11 is 3.50. The number of ether oxygens (including phenoxy) is 1. The maximum absolute atomic E-state index is 13.2. The number of fused-ring (bicyclic) bond motifs is 1. The summed E-state index contributed by atoms with van der Waals surface area (Å²) in [5, 5.41) is 29.6. The Labute approximate surface area is 252 Å². The number of rotatable bonds is 12. The van der Waals surface area contributed by atoms with Crippen LogP contribution in [-0.4, -0.2) is 106 Å². The number of nitrogen functional groups attached to an aromatic ring is 1. The highest BCUT2D eigenvalue weighted by Crippen LogP contribution is 2.44. The minimum Gasteiger partial charge on any atom is -0.481 e. The predicted octanol–water partition coefficient (Wildman–Crippen LogP) is 0.223. The Balaban J connectivity index is 1.41. The highest BCUT2D eigenvalue weighted by atomic mass is 32.2. The molecule has 4 N–H and O–H groups in total. The fourth-order valence-corrected chi connectivity index (χ4v) is 7.27. The monoisotopic (exact) mass is 639 g/mol. The van der Waals surface area contributed by atoms with Gasteiger partial charge in [-0.1, -0.05) is 23.0 Å².